The molecule has 0 atom stereocenters. The normalized spacial score (nSPS) is 10.8. The third kappa shape index (κ3) is 4.35. The minimum atomic E-state index is 1.05. The summed E-state index contributed by atoms with van der Waals surface area (Å²) in [5.74, 6) is 0. The maximum absolute atomic E-state index is 4.00. The first kappa shape index (κ1) is 11.1. The molecule has 1 aromatic rings. The van der Waals surface area contributed by atoms with Gasteiger partial charge < -0.3 is 10.2 Å². The van der Waals surface area contributed by atoms with Crippen LogP contribution in [-0.2, 0) is 6.42 Å². The Morgan fingerprint density at radius 2 is 2.00 bits per heavy atom. The van der Waals surface area contributed by atoms with Gasteiger partial charge in [-0.25, -0.2) is 0 Å². The van der Waals surface area contributed by atoms with Crippen LogP contribution in [-0.4, -0.2) is 43.6 Å². The predicted molar refractivity (Wildman–Crippen MR) is 59.4 cm³/mol. The van der Waals surface area contributed by atoms with Gasteiger partial charge in [0.05, 0.1) is 0 Å². The molecule has 0 fully saturated rings. The topological polar surface area (TPSA) is 28.2 Å². The van der Waals surface area contributed by atoms with Crippen molar-refractivity contribution in [3.8, 4) is 0 Å². The van der Waals surface area contributed by atoms with Gasteiger partial charge in [0.25, 0.3) is 0 Å². The SMILES string of the molecule is CNCCN(C)CCc1ccncc1. The van der Waals surface area contributed by atoms with Crippen molar-refractivity contribution in [1.29, 1.82) is 0 Å². The maximum Gasteiger partial charge on any atom is 0.0270 e. The summed E-state index contributed by atoms with van der Waals surface area (Å²) in [6, 6.07) is 4.15. The smallest absolute Gasteiger partial charge is 0.0270 e. The maximum atomic E-state index is 4.00. The van der Waals surface area contributed by atoms with Crippen LogP contribution in [0.15, 0.2) is 24.5 Å². The van der Waals surface area contributed by atoms with E-state index < -0.39 is 0 Å². The molecule has 0 saturated carbocycles. The Hall–Kier alpha value is -0.930. The number of aromatic nitrogens is 1. The highest BCUT2D eigenvalue weighted by molar-refractivity contribution is 5.09. The average molecular weight is 193 g/mol. The first-order chi connectivity index (χ1) is 6.83. The summed E-state index contributed by atoms with van der Waals surface area (Å²) in [6.45, 7) is 3.25. The van der Waals surface area contributed by atoms with Gasteiger partial charge in [0, 0.05) is 32.0 Å². The molecule has 0 unspecified atom stereocenters. The standard InChI is InChI=1S/C11H19N3/c1-12-8-10-14(2)9-5-11-3-6-13-7-4-11/h3-4,6-7,12H,5,8-10H2,1-2H3. The van der Waals surface area contributed by atoms with E-state index in [-0.39, 0.29) is 0 Å². The van der Waals surface area contributed by atoms with E-state index in [0.717, 1.165) is 26.1 Å². The Kier molecular flexibility index (Phi) is 5.19. The predicted octanol–water partition coefficient (Wildman–Crippen LogP) is 0.775. The first-order valence-corrected chi connectivity index (χ1v) is 5.05. The molecule has 1 aromatic heterocycles. The minimum Gasteiger partial charge on any atom is -0.318 e. The van der Waals surface area contributed by atoms with Gasteiger partial charge >= 0.3 is 0 Å². The molecule has 1 rings (SSSR count). The Bertz CT molecular complexity index is 236. The fourth-order valence-corrected chi connectivity index (χ4v) is 1.28. The van der Waals surface area contributed by atoms with Gasteiger partial charge in [-0.3, -0.25) is 4.98 Å². The number of rotatable bonds is 6. The second-order valence-corrected chi connectivity index (χ2v) is 3.51. The zero-order valence-corrected chi connectivity index (χ0v) is 9.03. The third-order valence-corrected chi connectivity index (χ3v) is 2.28. The molecule has 0 radical (unpaired) electrons. The van der Waals surface area contributed by atoms with E-state index in [9.17, 15) is 0 Å². The average Bonchev–Trinajstić information content (AvgIpc) is 2.25. The van der Waals surface area contributed by atoms with Crippen molar-refractivity contribution in [2.45, 2.75) is 6.42 Å². The molecular formula is C11H19N3. The molecular weight excluding hydrogens is 174 g/mol. The lowest BCUT2D eigenvalue weighted by Crippen LogP contribution is -2.29. The molecule has 0 amide bonds. The lowest BCUT2D eigenvalue weighted by atomic mass is 10.2. The fourth-order valence-electron chi connectivity index (χ4n) is 1.28. The highest BCUT2D eigenvalue weighted by atomic mass is 15.1. The summed E-state index contributed by atoms with van der Waals surface area (Å²) < 4.78 is 0. The Balaban J connectivity index is 2.20. The number of hydrogen-bond donors (Lipinski definition) is 1. The summed E-state index contributed by atoms with van der Waals surface area (Å²) in [5, 5.41) is 3.15. The van der Waals surface area contributed by atoms with Gasteiger partial charge in [-0.15, -0.1) is 0 Å². The van der Waals surface area contributed by atoms with E-state index in [4.69, 9.17) is 0 Å². The molecule has 0 saturated heterocycles. The van der Waals surface area contributed by atoms with Gasteiger partial charge in [0.1, 0.15) is 0 Å². The van der Waals surface area contributed by atoms with Crippen LogP contribution < -0.4 is 5.32 Å². The molecule has 0 aliphatic rings. The monoisotopic (exact) mass is 193 g/mol. The highest BCUT2D eigenvalue weighted by Crippen LogP contribution is 1.98. The molecule has 0 aromatic carbocycles. The minimum absolute atomic E-state index is 1.05. The van der Waals surface area contributed by atoms with Crippen molar-refractivity contribution < 1.29 is 0 Å². The molecule has 1 N–H and O–H groups in total. The van der Waals surface area contributed by atoms with E-state index in [1.54, 1.807) is 0 Å². The molecule has 0 aliphatic heterocycles. The molecule has 78 valence electrons. The number of nitrogens with zero attached hydrogens (tertiary/aromatic N) is 2. The molecule has 3 heteroatoms. The van der Waals surface area contributed by atoms with Crippen LogP contribution in [0.1, 0.15) is 5.56 Å². The van der Waals surface area contributed by atoms with Gasteiger partial charge in [-0.05, 0) is 38.2 Å². The lowest BCUT2D eigenvalue weighted by Gasteiger charge is -2.15. The van der Waals surface area contributed by atoms with Crippen LogP contribution in [0.2, 0.25) is 0 Å². The van der Waals surface area contributed by atoms with Crippen molar-refractivity contribution in [1.82, 2.24) is 15.2 Å². The number of nitrogens with one attached hydrogen (secondary N) is 1. The second kappa shape index (κ2) is 6.51. The molecule has 0 bridgehead atoms. The van der Waals surface area contributed by atoms with Crippen LogP contribution in [0.25, 0.3) is 0 Å². The largest absolute Gasteiger partial charge is 0.318 e. The summed E-state index contributed by atoms with van der Waals surface area (Å²) in [6.07, 6.45) is 4.80. The molecule has 3 nitrogen and oxygen atoms in total. The van der Waals surface area contributed by atoms with E-state index in [0.29, 0.717) is 0 Å². The molecule has 14 heavy (non-hydrogen) atoms. The first-order valence-electron chi connectivity index (χ1n) is 5.05. The van der Waals surface area contributed by atoms with Crippen LogP contribution in [0.3, 0.4) is 0 Å². The van der Waals surface area contributed by atoms with E-state index in [1.807, 2.05) is 19.4 Å². The van der Waals surface area contributed by atoms with E-state index in [1.165, 1.54) is 5.56 Å². The fraction of sp³-hybridized carbons (Fsp3) is 0.545. The molecule has 1 heterocycles. The Labute approximate surface area is 86.2 Å². The van der Waals surface area contributed by atoms with Crippen molar-refractivity contribution >= 4 is 0 Å². The van der Waals surface area contributed by atoms with Crippen molar-refractivity contribution in [2.24, 2.45) is 0 Å². The van der Waals surface area contributed by atoms with Crippen molar-refractivity contribution in [2.75, 3.05) is 33.7 Å². The summed E-state index contributed by atoms with van der Waals surface area (Å²) in [4.78, 5) is 6.33. The quantitative estimate of drug-likeness (QED) is 0.723. The van der Waals surface area contributed by atoms with Gasteiger partial charge in [0.2, 0.25) is 0 Å². The number of hydrogen-bond acceptors (Lipinski definition) is 3. The summed E-state index contributed by atoms with van der Waals surface area (Å²) in [7, 11) is 4.13. The Morgan fingerprint density at radius 3 is 2.64 bits per heavy atom. The third-order valence-electron chi connectivity index (χ3n) is 2.28. The Morgan fingerprint density at radius 1 is 1.29 bits per heavy atom. The number of likely N-dealkylation sites (N-methyl/N-ethyl adjacent to an activating group) is 2. The summed E-state index contributed by atoms with van der Waals surface area (Å²) >= 11 is 0. The van der Waals surface area contributed by atoms with Crippen molar-refractivity contribution in [3.63, 3.8) is 0 Å². The van der Waals surface area contributed by atoms with Gasteiger partial charge in [-0.1, -0.05) is 0 Å². The van der Waals surface area contributed by atoms with Crippen LogP contribution in [0, 0.1) is 0 Å². The zero-order valence-electron chi connectivity index (χ0n) is 9.03. The van der Waals surface area contributed by atoms with Crippen LogP contribution in [0.5, 0.6) is 0 Å². The van der Waals surface area contributed by atoms with Crippen LogP contribution >= 0.6 is 0 Å². The number of pyridine rings is 1. The van der Waals surface area contributed by atoms with Crippen LogP contribution in [0.4, 0.5) is 0 Å². The zero-order chi connectivity index (χ0) is 10.2. The highest BCUT2D eigenvalue weighted by Gasteiger charge is 1.97. The summed E-state index contributed by atoms with van der Waals surface area (Å²) in [5.41, 5.74) is 1.36. The molecule has 0 spiro atoms. The lowest BCUT2D eigenvalue weighted by molar-refractivity contribution is 0.339. The molecule has 0 aliphatic carbocycles. The van der Waals surface area contributed by atoms with E-state index >= 15 is 0 Å². The van der Waals surface area contributed by atoms with Gasteiger partial charge in [0.15, 0.2) is 0 Å². The van der Waals surface area contributed by atoms with Gasteiger partial charge in [-0.2, -0.15) is 0 Å². The van der Waals surface area contributed by atoms with Crippen molar-refractivity contribution in [3.05, 3.63) is 30.1 Å². The van der Waals surface area contributed by atoms with E-state index in [2.05, 4.69) is 34.4 Å². The second-order valence-electron chi connectivity index (χ2n) is 3.51.